The number of aryl methyl sites for hydroxylation is 1. The van der Waals surface area contributed by atoms with Crippen LogP contribution in [0.25, 0.3) is 5.57 Å². The molecule has 0 radical (unpaired) electrons. The number of anilines is 1. The zero-order valence-corrected chi connectivity index (χ0v) is 17.2. The molecule has 0 amide bonds. The number of aliphatic imine (C=N–C) groups is 1. The third-order valence-electron chi connectivity index (χ3n) is 4.84. The molecule has 3 heteroatoms. The van der Waals surface area contributed by atoms with Crippen molar-refractivity contribution in [3.63, 3.8) is 0 Å². The van der Waals surface area contributed by atoms with E-state index in [1.165, 1.54) is 28.0 Å². The normalized spacial score (nSPS) is 16.1. The third kappa shape index (κ3) is 3.57. The number of hydrogen-bond acceptors (Lipinski definition) is 2. The van der Waals surface area contributed by atoms with Crippen LogP contribution in [0.3, 0.4) is 0 Å². The Morgan fingerprint density at radius 1 is 1.16 bits per heavy atom. The van der Waals surface area contributed by atoms with Gasteiger partial charge >= 0.3 is 0 Å². The average molecular weight is 397 g/mol. The van der Waals surface area contributed by atoms with Crippen molar-refractivity contribution in [1.82, 2.24) is 0 Å². The predicted octanol–water partition coefficient (Wildman–Crippen LogP) is 6.53. The molecule has 2 aromatic rings. The van der Waals surface area contributed by atoms with Crippen LogP contribution in [0.1, 0.15) is 44.4 Å². The SMILES string of the molecule is CCN1c2cc(C)c(C=Nc3cccc(Br)c3)cc2C(C)=CC1(C)C. The lowest BCUT2D eigenvalue weighted by Gasteiger charge is -2.43. The Balaban J connectivity index is 2.03. The molecule has 0 saturated carbocycles. The van der Waals surface area contributed by atoms with E-state index < -0.39 is 0 Å². The van der Waals surface area contributed by atoms with Crippen LogP contribution in [-0.4, -0.2) is 18.3 Å². The standard InChI is InChI=1S/C22H25BrN2/c1-6-25-21-10-15(2)17(11-20(21)16(3)13-22(25,4)5)14-24-19-9-7-8-18(23)12-19/h7-14H,6H2,1-5H3. The van der Waals surface area contributed by atoms with Gasteiger partial charge in [-0.05, 0) is 81.7 Å². The van der Waals surface area contributed by atoms with E-state index in [9.17, 15) is 0 Å². The molecule has 0 fully saturated rings. The van der Waals surface area contributed by atoms with Gasteiger partial charge in [0.15, 0.2) is 0 Å². The van der Waals surface area contributed by atoms with Crippen molar-refractivity contribution in [2.75, 3.05) is 11.4 Å². The van der Waals surface area contributed by atoms with E-state index in [0.717, 1.165) is 16.7 Å². The van der Waals surface area contributed by atoms with Gasteiger partial charge in [-0.15, -0.1) is 0 Å². The van der Waals surface area contributed by atoms with E-state index in [1.807, 2.05) is 30.5 Å². The molecule has 0 unspecified atom stereocenters. The van der Waals surface area contributed by atoms with Crippen LogP contribution in [0.15, 0.2) is 51.9 Å². The number of benzene rings is 2. The van der Waals surface area contributed by atoms with Crippen LogP contribution in [0, 0.1) is 6.92 Å². The molecule has 1 aliphatic rings. The molecule has 130 valence electrons. The highest BCUT2D eigenvalue weighted by Gasteiger charge is 2.30. The molecule has 0 aromatic heterocycles. The summed E-state index contributed by atoms with van der Waals surface area (Å²) in [5.41, 5.74) is 7.39. The Hall–Kier alpha value is -1.87. The highest BCUT2D eigenvalue weighted by atomic mass is 79.9. The van der Waals surface area contributed by atoms with Crippen LogP contribution >= 0.6 is 15.9 Å². The van der Waals surface area contributed by atoms with Gasteiger partial charge in [-0.25, -0.2) is 0 Å². The molecule has 0 atom stereocenters. The maximum atomic E-state index is 4.65. The van der Waals surface area contributed by atoms with Crippen molar-refractivity contribution in [2.24, 2.45) is 4.99 Å². The van der Waals surface area contributed by atoms with Crippen molar-refractivity contribution >= 4 is 39.1 Å². The van der Waals surface area contributed by atoms with Crippen LogP contribution in [0.5, 0.6) is 0 Å². The van der Waals surface area contributed by atoms with E-state index in [0.29, 0.717) is 0 Å². The Bertz CT molecular complexity index is 862. The van der Waals surface area contributed by atoms with Gasteiger partial charge in [-0.1, -0.05) is 28.1 Å². The van der Waals surface area contributed by atoms with Gasteiger partial charge in [0, 0.05) is 28.5 Å². The van der Waals surface area contributed by atoms with Gasteiger partial charge in [0.1, 0.15) is 0 Å². The molecule has 2 nitrogen and oxygen atoms in total. The minimum atomic E-state index is 0.0458. The van der Waals surface area contributed by atoms with Crippen LogP contribution < -0.4 is 4.90 Å². The highest BCUT2D eigenvalue weighted by molar-refractivity contribution is 9.10. The summed E-state index contributed by atoms with van der Waals surface area (Å²) in [4.78, 5) is 7.12. The summed E-state index contributed by atoms with van der Waals surface area (Å²) in [5.74, 6) is 0. The summed E-state index contributed by atoms with van der Waals surface area (Å²) in [6.07, 6.45) is 4.34. The average Bonchev–Trinajstić information content (AvgIpc) is 2.53. The third-order valence-corrected chi connectivity index (χ3v) is 5.34. The molecule has 0 N–H and O–H groups in total. The van der Waals surface area contributed by atoms with Crippen LogP contribution in [0.4, 0.5) is 11.4 Å². The minimum absolute atomic E-state index is 0.0458. The van der Waals surface area contributed by atoms with Gasteiger partial charge in [-0.3, -0.25) is 4.99 Å². The Morgan fingerprint density at radius 2 is 1.92 bits per heavy atom. The second-order valence-electron chi connectivity index (χ2n) is 7.19. The number of nitrogens with zero attached hydrogens (tertiary/aromatic N) is 2. The number of allylic oxidation sites excluding steroid dienone is 1. The fourth-order valence-corrected chi connectivity index (χ4v) is 4.05. The van der Waals surface area contributed by atoms with E-state index in [1.54, 1.807) is 0 Å². The monoisotopic (exact) mass is 396 g/mol. The quantitative estimate of drug-likeness (QED) is 0.538. The van der Waals surface area contributed by atoms with Crippen LogP contribution in [-0.2, 0) is 0 Å². The molecule has 2 aromatic carbocycles. The largest absolute Gasteiger partial charge is 0.363 e. The van der Waals surface area contributed by atoms with E-state index in [-0.39, 0.29) is 5.54 Å². The van der Waals surface area contributed by atoms with Crippen molar-refractivity contribution in [2.45, 2.75) is 40.2 Å². The maximum Gasteiger partial charge on any atom is 0.0641 e. The smallest absolute Gasteiger partial charge is 0.0641 e. The Morgan fingerprint density at radius 3 is 2.60 bits per heavy atom. The van der Waals surface area contributed by atoms with Gasteiger partial charge in [-0.2, -0.15) is 0 Å². The minimum Gasteiger partial charge on any atom is -0.363 e. The number of likely N-dealkylation sites (N-methyl/N-ethyl adjacent to an activating group) is 1. The Kier molecular flexibility index (Phi) is 4.88. The second-order valence-corrected chi connectivity index (χ2v) is 8.10. The zero-order chi connectivity index (χ0) is 18.2. The number of halogens is 1. The summed E-state index contributed by atoms with van der Waals surface area (Å²) in [5, 5.41) is 0. The van der Waals surface area contributed by atoms with Crippen molar-refractivity contribution in [3.8, 4) is 0 Å². The van der Waals surface area contributed by atoms with E-state index in [2.05, 4.69) is 78.6 Å². The van der Waals surface area contributed by atoms with Crippen molar-refractivity contribution in [3.05, 3.63) is 63.6 Å². The molecule has 25 heavy (non-hydrogen) atoms. The first-order valence-corrected chi connectivity index (χ1v) is 9.53. The second kappa shape index (κ2) is 6.80. The number of rotatable bonds is 3. The van der Waals surface area contributed by atoms with Crippen molar-refractivity contribution < 1.29 is 0 Å². The first-order valence-electron chi connectivity index (χ1n) is 8.73. The molecule has 0 saturated heterocycles. The summed E-state index contributed by atoms with van der Waals surface area (Å²) < 4.78 is 1.05. The zero-order valence-electron chi connectivity index (χ0n) is 15.6. The van der Waals surface area contributed by atoms with Crippen molar-refractivity contribution in [1.29, 1.82) is 0 Å². The topological polar surface area (TPSA) is 15.6 Å². The van der Waals surface area contributed by atoms with Gasteiger partial charge < -0.3 is 4.90 Å². The lowest BCUT2D eigenvalue weighted by atomic mass is 9.87. The number of fused-ring (bicyclic) bond motifs is 1. The van der Waals surface area contributed by atoms with Gasteiger partial charge in [0.2, 0.25) is 0 Å². The summed E-state index contributed by atoms with van der Waals surface area (Å²) >= 11 is 3.50. The first kappa shape index (κ1) is 17.9. The predicted molar refractivity (Wildman–Crippen MR) is 113 cm³/mol. The lowest BCUT2D eigenvalue weighted by Crippen LogP contribution is -2.45. The van der Waals surface area contributed by atoms with E-state index >= 15 is 0 Å². The van der Waals surface area contributed by atoms with E-state index in [4.69, 9.17) is 0 Å². The highest BCUT2D eigenvalue weighted by Crippen LogP contribution is 2.39. The molecule has 0 spiro atoms. The Labute approximate surface area is 159 Å². The molecular formula is C22H25BrN2. The molecule has 1 aliphatic heterocycles. The maximum absolute atomic E-state index is 4.65. The fraction of sp³-hybridized carbons (Fsp3) is 0.318. The van der Waals surface area contributed by atoms with Crippen LogP contribution in [0.2, 0.25) is 0 Å². The molecular weight excluding hydrogens is 372 g/mol. The molecule has 0 bridgehead atoms. The molecule has 1 heterocycles. The molecule has 0 aliphatic carbocycles. The molecule has 3 rings (SSSR count). The summed E-state index contributed by atoms with van der Waals surface area (Å²) in [6.45, 7) is 12.1. The summed E-state index contributed by atoms with van der Waals surface area (Å²) in [6, 6.07) is 12.6. The fourth-order valence-electron chi connectivity index (χ4n) is 3.66. The summed E-state index contributed by atoms with van der Waals surface area (Å²) in [7, 11) is 0. The van der Waals surface area contributed by atoms with Gasteiger partial charge in [0.05, 0.1) is 11.2 Å². The first-order chi connectivity index (χ1) is 11.8. The number of hydrogen-bond donors (Lipinski definition) is 0. The van der Waals surface area contributed by atoms with Gasteiger partial charge in [0.25, 0.3) is 0 Å². The lowest BCUT2D eigenvalue weighted by molar-refractivity contribution is 0.566.